The fourth-order valence-electron chi connectivity index (χ4n) is 3.14. The molecule has 0 aromatic carbocycles. The summed E-state index contributed by atoms with van der Waals surface area (Å²) in [6.07, 6.45) is 7.90. The van der Waals surface area contributed by atoms with Gasteiger partial charge in [-0.05, 0) is 30.4 Å². The van der Waals surface area contributed by atoms with Gasteiger partial charge in [-0.3, -0.25) is 4.68 Å². The first kappa shape index (κ1) is 16.6. The predicted octanol–water partition coefficient (Wildman–Crippen LogP) is 0.756. The molecule has 2 unspecified atom stereocenters. The van der Waals surface area contributed by atoms with E-state index in [1.165, 1.54) is 0 Å². The Balaban J connectivity index is 1.37. The number of hydrogen-bond donors (Lipinski definition) is 3. The molecule has 0 radical (unpaired) electrons. The smallest absolute Gasteiger partial charge is 0.229 e. The van der Waals surface area contributed by atoms with Crippen molar-refractivity contribution in [3.05, 3.63) is 36.9 Å². The largest absolute Gasteiger partial charge is 0.396 e. The van der Waals surface area contributed by atoms with Crippen LogP contribution in [0.2, 0.25) is 0 Å². The lowest BCUT2D eigenvalue weighted by Gasteiger charge is -2.04. The molecule has 28 heavy (non-hydrogen) atoms. The van der Waals surface area contributed by atoms with E-state index in [2.05, 4.69) is 35.7 Å². The van der Waals surface area contributed by atoms with Crippen LogP contribution in [0.1, 0.15) is 6.42 Å². The first-order valence-electron chi connectivity index (χ1n) is 8.90. The van der Waals surface area contributed by atoms with Crippen LogP contribution in [0.3, 0.4) is 0 Å². The third kappa shape index (κ3) is 3.11. The van der Waals surface area contributed by atoms with Crippen molar-refractivity contribution in [3.8, 4) is 5.69 Å². The number of aromatic nitrogens is 8. The Kier molecular flexibility index (Phi) is 3.86. The molecular weight excluding hydrogens is 360 g/mol. The monoisotopic (exact) mass is 378 g/mol. The van der Waals surface area contributed by atoms with Crippen LogP contribution in [-0.2, 0) is 6.54 Å². The quantitative estimate of drug-likeness (QED) is 0.442. The number of nitrogens with zero attached hydrogens (tertiary/aromatic N) is 8. The van der Waals surface area contributed by atoms with Crippen molar-refractivity contribution in [3.63, 3.8) is 0 Å². The molecule has 4 aromatic rings. The van der Waals surface area contributed by atoms with Gasteiger partial charge >= 0.3 is 0 Å². The van der Waals surface area contributed by atoms with Gasteiger partial charge in [0.15, 0.2) is 11.2 Å². The lowest BCUT2D eigenvalue weighted by Crippen LogP contribution is -2.03. The molecule has 4 N–H and O–H groups in total. The van der Waals surface area contributed by atoms with E-state index in [4.69, 9.17) is 10.8 Å². The van der Waals surface area contributed by atoms with Crippen LogP contribution in [0.15, 0.2) is 36.9 Å². The van der Waals surface area contributed by atoms with Crippen LogP contribution < -0.4 is 11.1 Å². The topological polar surface area (TPSA) is 145 Å². The summed E-state index contributed by atoms with van der Waals surface area (Å²) < 4.78 is 3.45. The van der Waals surface area contributed by atoms with Gasteiger partial charge in [0.2, 0.25) is 5.95 Å². The number of aliphatic hydroxyl groups is 1. The van der Waals surface area contributed by atoms with E-state index in [9.17, 15) is 0 Å². The first-order valence-corrected chi connectivity index (χ1v) is 8.90. The van der Waals surface area contributed by atoms with Gasteiger partial charge < -0.3 is 16.2 Å². The minimum absolute atomic E-state index is 0.246. The number of rotatable bonds is 6. The molecule has 2 atom stereocenters. The lowest BCUT2D eigenvalue weighted by molar-refractivity contribution is 0.265. The molecular formula is C17H18N10O. The van der Waals surface area contributed by atoms with E-state index in [1.807, 2.05) is 10.9 Å². The van der Waals surface area contributed by atoms with Gasteiger partial charge in [-0.25, -0.2) is 9.97 Å². The summed E-state index contributed by atoms with van der Waals surface area (Å²) >= 11 is 0. The van der Waals surface area contributed by atoms with E-state index in [0.717, 1.165) is 18.7 Å². The zero-order valence-corrected chi connectivity index (χ0v) is 14.8. The van der Waals surface area contributed by atoms with Crippen molar-refractivity contribution in [2.45, 2.75) is 13.0 Å². The summed E-state index contributed by atoms with van der Waals surface area (Å²) in [5, 5.41) is 24.9. The van der Waals surface area contributed by atoms with Crippen molar-refractivity contribution < 1.29 is 5.11 Å². The molecule has 5 rings (SSSR count). The Morgan fingerprint density at radius 3 is 2.89 bits per heavy atom. The fraction of sp³-hybridized carbons (Fsp3) is 0.294. The van der Waals surface area contributed by atoms with E-state index < -0.39 is 0 Å². The number of hydrogen-bond acceptors (Lipinski definition) is 9. The van der Waals surface area contributed by atoms with Gasteiger partial charge in [0.1, 0.15) is 5.82 Å². The molecule has 142 valence electrons. The normalized spacial score (nSPS) is 18.5. The summed E-state index contributed by atoms with van der Waals surface area (Å²) in [6, 6.07) is 3.49. The van der Waals surface area contributed by atoms with Crippen LogP contribution in [0, 0.1) is 11.8 Å². The minimum atomic E-state index is 0.246. The maximum absolute atomic E-state index is 9.16. The standard InChI is InChI=1S/C17H18N10O/c18-15-2-1-13(5-19-15)27-16-14(24-25-27)6-20-17(23-16)22-12-4-21-26(8-12)7-10-3-11(10)9-28/h1-2,4-6,8,10-11,28H,3,7,9H2,(H2,18,19)(H,20,22,23). The third-order valence-corrected chi connectivity index (χ3v) is 4.82. The molecule has 1 fully saturated rings. The SMILES string of the molecule is Nc1ccc(-n2nnc3cnc(Nc4cnn(CC5CC5CO)c4)nc32)cn1. The van der Waals surface area contributed by atoms with Crippen LogP contribution in [-0.4, -0.2) is 51.4 Å². The Morgan fingerprint density at radius 2 is 2.11 bits per heavy atom. The number of fused-ring (bicyclic) bond motifs is 1. The minimum Gasteiger partial charge on any atom is -0.396 e. The highest BCUT2D eigenvalue weighted by Gasteiger charge is 2.36. The number of pyridine rings is 1. The fourth-order valence-corrected chi connectivity index (χ4v) is 3.14. The summed E-state index contributed by atoms with van der Waals surface area (Å²) in [5.74, 6) is 1.75. The van der Waals surface area contributed by atoms with Crippen LogP contribution in [0.4, 0.5) is 17.5 Å². The maximum atomic E-state index is 9.16. The maximum Gasteiger partial charge on any atom is 0.229 e. The van der Waals surface area contributed by atoms with Crippen molar-refractivity contribution in [2.75, 3.05) is 17.7 Å². The molecule has 0 amide bonds. The number of aliphatic hydroxyl groups excluding tert-OH is 1. The summed E-state index contributed by atoms with van der Waals surface area (Å²) in [4.78, 5) is 12.9. The number of anilines is 3. The molecule has 4 aromatic heterocycles. The Labute approximate surface area is 159 Å². The van der Waals surface area contributed by atoms with Crippen LogP contribution in [0.25, 0.3) is 16.9 Å². The molecule has 0 saturated heterocycles. The Morgan fingerprint density at radius 1 is 1.18 bits per heavy atom. The molecule has 11 nitrogen and oxygen atoms in total. The summed E-state index contributed by atoms with van der Waals surface area (Å²) in [5.41, 5.74) is 8.26. The van der Waals surface area contributed by atoms with E-state index in [0.29, 0.717) is 40.5 Å². The lowest BCUT2D eigenvalue weighted by atomic mass is 10.3. The molecule has 11 heteroatoms. The second kappa shape index (κ2) is 6.53. The average Bonchev–Trinajstić information content (AvgIpc) is 3.09. The van der Waals surface area contributed by atoms with E-state index in [-0.39, 0.29) is 6.61 Å². The van der Waals surface area contributed by atoms with Crippen LogP contribution >= 0.6 is 0 Å². The van der Waals surface area contributed by atoms with Gasteiger partial charge in [0, 0.05) is 19.3 Å². The highest BCUT2D eigenvalue weighted by Crippen LogP contribution is 2.39. The van der Waals surface area contributed by atoms with Gasteiger partial charge in [-0.2, -0.15) is 14.8 Å². The van der Waals surface area contributed by atoms with Gasteiger partial charge in [-0.15, -0.1) is 5.10 Å². The first-order chi connectivity index (χ1) is 13.7. The predicted molar refractivity (Wildman–Crippen MR) is 101 cm³/mol. The van der Waals surface area contributed by atoms with Gasteiger partial charge in [0.25, 0.3) is 0 Å². The second-order valence-corrected chi connectivity index (χ2v) is 6.86. The molecule has 0 spiro atoms. The summed E-state index contributed by atoms with van der Waals surface area (Å²) in [6.45, 7) is 1.05. The van der Waals surface area contributed by atoms with E-state index in [1.54, 1.807) is 35.4 Å². The van der Waals surface area contributed by atoms with Gasteiger partial charge in [-0.1, -0.05) is 5.21 Å². The van der Waals surface area contributed by atoms with E-state index >= 15 is 0 Å². The molecule has 1 saturated carbocycles. The van der Waals surface area contributed by atoms with Crippen molar-refractivity contribution in [2.24, 2.45) is 11.8 Å². The summed E-state index contributed by atoms with van der Waals surface area (Å²) in [7, 11) is 0. The molecule has 4 heterocycles. The zero-order valence-electron chi connectivity index (χ0n) is 14.8. The van der Waals surface area contributed by atoms with Crippen molar-refractivity contribution in [1.82, 2.24) is 39.7 Å². The third-order valence-electron chi connectivity index (χ3n) is 4.82. The number of nitrogen functional groups attached to an aromatic ring is 1. The molecule has 0 aliphatic heterocycles. The highest BCUT2D eigenvalue weighted by atomic mass is 16.3. The molecule has 1 aliphatic rings. The van der Waals surface area contributed by atoms with Crippen molar-refractivity contribution in [1.29, 1.82) is 0 Å². The van der Waals surface area contributed by atoms with Gasteiger partial charge in [0.05, 0.1) is 30.0 Å². The Hall–Kier alpha value is -3.60. The van der Waals surface area contributed by atoms with Crippen LogP contribution in [0.5, 0.6) is 0 Å². The molecule has 1 aliphatic carbocycles. The second-order valence-electron chi connectivity index (χ2n) is 6.86. The van der Waals surface area contributed by atoms with Crippen molar-refractivity contribution >= 4 is 28.6 Å². The number of nitrogens with two attached hydrogens (primary N) is 1. The Bertz CT molecular complexity index is 1120. The molecule has 0 bridgehead atoms. The highest BCUT2D eigenvalue weighted by molar-refractivity contribution is 5.72. The number of nitrogens with one attached hydrogen (secondary N) is 1. The average molecular weight is 378 g/mol. The zero-order chi connectivity index (χ0) is 19.1.